The van der Waals surface area contributed by atoms with Gasteiger partial charge in [0.1, 0.15) is 11.2 Å². The van der Waals surface area contributed by atoms with E-state index in [2.05, 4.69) is 150 Å². The quantitative estimate of drug-likeness (QED) is 0.180. The van der Waals surface area contributed by atoms with Crippen LogP contribution in [0.3, 0.4) is 0 Å². The minimum atomic E-state index is 0.581. The molecule has 0 atom stereocenters. The predicted octanol–water partition coefficient (Wildman–Crippen LogP) is 12.7. The van der Waals surface area contributed by atoms with Crippen LogP contribution in [0.1, 0.15) is 0 Å². The van der Waals surface area contributed by atoms with Crippen LogP contribution in [-0.4, -0.2) is 19.5 Å². The Morgan fingerprint density at radius 3 is 1.83 bits per heavy atom. The lowest BCUT2D eigenvalue weighted by molar-refractivity contribution is 0.669. The van der Waals surface area contributed by atoms with Crippen LogP contribution in [0.5, 0.6) is 0 Å². The van der Waals surface area contributed by atoms with E-state index in [1.165, 1.54) is 21.5 Å². The Bertz CT molecular complexity index is 3220. The van der Waals surface area contributed by atoms with Crippen LogP contribution in [0.25, 0.3) is 105 Å². The molecule has 252 valence electrons. The molecule has 0 amide bonds. The van der Waals surface area contributed by atoms with Crippen LogP contribution >= 0.6 is 0 Å². The van der Waals surface area contributed by atoms with Crippen molar-refractivity contribution in [3.63, 3.8) is 0 Å². The lowest BCUT2D eigenvalue weighted by Crippen LogP contribution is -2.04. The third-order valence-corrected chi connectivity index (χ3v) is 10.4. The summed E-state index contributed by atoms with van der Waals surface area (Å²) in [5.41, 5.74) is 9.73. The smallest absolute Gasteiger partial charge is 0.166 e. The van der Waals surface area contributed by atoms with Gasteiger partial charge in [0.25, 0.3) is 0 Å². The average Bonchev–Trinajstić information content (AvgIpc) is 3.80. The van der Waals surface area contributed by atoms with Gasteiger partial charge in [-0.1, -0.05) is 146 Å². The third kappa shape index (κ3) is 4.76. The van der Waals surface area contributed by atoms with E-state index in [4.69, 9.17) is 19.4 Å². The zero-order valence-corrected chi connectivity index (χ0v) is 29.0. The topological polar surface area (TPSA) is 56.7 Å². The first-order valence-electron chi connectivity index (χ1n) is 18.1. The van der Waals surface area contributed by atoms with Crippen molar-refractivity contribution < 1.29 is 4.42 Å². The van der Waals surface area contributed by atoms with Gasteiger partial charge in [0.05, 0.1) is 22.1 Å². The molecule has 5 nitrogen and oxygen atoms in total. The summed E-state index contributed by atoms with van der Waals surface area (Å²) in [6.07, 6.45) is 0. The van der Waals surface area contributed by atoms with E-state index < -0.39 is 0 Å². The molecule has 0 fully saturated rings. The minimum Gasteiger partial charge on any atom is -0.456 e. The van der Waals surface area contributed by atoms with Gasteiger partial charge in [-0.3, -0.25) is 0 Å². The largest absolute Gasteiger partial charge is 0.456 e. The molecule has 0 unspecified atom stereocenters. The fourth-order valence-electron chi connectivity index (χ4n) is 8.00. The summed E-state index contributed by atoms with van der Waals surface area (Å²) < 4.78 is 8.94. The fraction of sp³-hybridized carbons (Fsp3) is 0. The van der Waals surface area contributed by atoms with Crippen LogP contribution in [-0.2, 0) is 0 Å². The van der Waals surface area contributed by atoms with Crippen LogP contribution in [0.2, 0.25) is 0 Å². The molecular weight excluding hydrogens is 661 g/mol. The van der Waals surface area contributed by atoms with E-state index in [0.29, 0.717) is 17.5 Å². The second kappa shape index (κ2) is 12.1. The second-order valence-electron chi connectivity index (χ2n) is 13.6. The number of hydrogen-bond acceptors (Lipinski definition) is 4. The molecule has 11 rings (SSSR count). The summed E-state index contributed by atoms with van der Waals surface area (Å²) in [6, 6.07) is 63.2. The predicted molar refractivity (Wildman–Crippen MR) is 221 cm³/mol. The maximum Gasteiger partial charge on any atom is 0.166 e. The lowest BCUT2D eigenvalue weighted by atomic mass is 10.0. The number of benzene rings is 8. The van der Waals surface area contributed by atoms with Gasteiger partial charge in [0.2, 0.25) is 0 Å². The number of hydrogen-bond donors (Lipinski definition) is 0. The molecule has 0 aliphatic heterocycles. The van der Waals surface area contributed by atoms with Crippen molar-refractivity contribution in [2.75, 3.05) is 0 Å². The van der Waals surface area contributed by atoms with Gasteiger partial charge < -0.3 is 8.98 Å². The number of fused-ring (bicyclic) bond motifs is 8. The zero-order chi connectivity index (χ0) is 35.6. The number of aromatic nitrogens is 4. The van der Waals surface area contributed by atoms with Gasteiger partial charge in [-0.25, -0.2) is 15.0 Å². The highest BCUT2D eigenvalue weighted by molar-refractivity contribution is 6.23. The highest BCUT2D eigenvalue weighted by Gasteiger charge is 2.24. The summed E-state index contributed by atoms with van der Waals surface area (Å²) in [5, 5.41) is 6.84. The first-order chi connectivity index (χ1) is 26.8. The summed E-state index contributed by atoms with van der Waals surface area (Å²) >= 11 is 0. The van der Waals surface area contributed by atoms with Gasteiger partial charge in [-0.2, -0.15) is 0 Å². The van der Waals surface area contributed by atoms with Crippen LogP contribution in [0.4, 0.5) is 0 Å². The number of furan rings is 1. The highest BCUT2D eigenvalue weighted by atomic mass is 16.3. The van der Waals surface area contributed by atoms with E-state index in [1.54, 1.807) is 0 Å². The molecule has 0 spiro atoms. The molecule has 54 heavy (non-hydrogen) atoms. The normalized spacial score (nSPS) is 11.7. The van der Waals surface area contributed by atoms with Gasteiger partial charge in [-0.05, 0) is 58.3 Å². The van der Waals surface area contributed by atoms with E-state index >= 15 is 0 Å². The number of para-hydroxylation sites is 2. The first kappa shape index (κ1) is 30.3. The monoisotopic (exact) mass is 690 g/mol. The van der Waals surface area contributed by atoms with Gasteiger partial charge in [-0.15, -0.1) is 0 Å². The Balaban J connectivity index is 1.26. The molecule has 3 heterocycles. The van der Waals surface area contributed by atoms with Crippen LogP contribution in [0.15, 0.2) is 186 Å². The molecule has 0 aliphatic rings. The molecular formula is C49H30N4O. The van der Waals surface area contributed by atoms with Crippen molar-refractivity contribution in [2.45, 2.75) is 0 Å². The molecule has 0 N–H and O–H groups in total. The van der Waals surface area contributed by atoms with Gasteiger partial charge >= 0.3 is 0 Å². The van der Waals surface area contributed by atoms with Crippen LogP contribution in [0, 0.1) is 0 Å². The minimum absolute atomic E-state index is 0.581. The third-order valence-electron chi connectivity index (χ3n) is 10.4. The van der Waals surface area contributed by atoms with Crippen molar-refractivity contribution >= 4 is 54.5 Å². The van der Waals surface area contributed by atoms with Crippen LogP contribution < -0.4 is 0 Å². The molecule has 0 aliphatic carbocycles. The number of nitrogens with zero attached hydrogens (tertiary/aromatic N) is 4. The Hall–Kier alpha value is -7.37. The molecule has 0 saturated carbocycles. The molecule has 11 aromatic rings. The van der Waals surface area contributed by atoms with E-state index in [1.807, 2.05) is 36.4 Å². The molecule has 5 heteroatoms. The highest BCUT2D eigenvalue weighted by Crippen LogP contribution is 2.44. The Morgan fingerprint density at radius 1 is 0.370 bits per heavy atom. The molecule has 3 aromatic heterocycles. The van der Waals surface area contributed by atoms with Gasteiger partial charge in [0, 0.05) is 32.8 Å². The fourth-order valence-corrected chi connectivity index (χ4v) is 8.00. The number of rotatable bonds is 5. The molecule has 0 bridgehead atoms. The average molecular weight is 691 g/mol. The van der Waals surface area contributed by atoms with Crippen molar-refractivity contribution in [2.24, 2.45) is 0 Å². The van der Waals surface area contributed by atoms with Crippen molar-refractivity contribution in [1.29, 1.82) is 0 Å². The Morgan fingerprint density at radius 2 is 1.00 bits per heavy atom. The Kier molecular flexibility index (Phi) is 6.79. The zero-order valence-electron chi connectivity index (χ0n) is 29.0. The summed E-state index contributed by atoms with van der Waals surface area (Å²) in [4.78, 5) is 15.7. The van der Waals surface area contributed by atoms with E-state index in [-0.39, 0.29) is 0 Å². The second-order valence-corrected chi connectivity index (χ2v) is 13.6. The summed E-state index contributed by atoms with van der Waals surface area (Å²) in [5.74, 6) is 1.79. The summed E-state index contributed by atoms with van der Waals surface area (Å²) in [7, 11) is 0. The Labute approximate surface area is 310 Å². The molecule has 0 radical (unpaired) electrons. The first-order valence-corrected chi connectivity index (χ1v) is 18.1. The maximum atomic E-state index is 6.55. The van der Waals surface area contributed by atoms with Gasteiger partial charge in [0.15, 0.2) is 17.5 Å². The maximum absolute atomic E-state index is 6.55. The molecule has 8 aromatic carbocycles. The molecule has 0 saturated heterocycles. The summed E-state index contributed by atoms with van der Waals surface area (Å²) in [6.45, 7) is 0. The lowest BCUT2D eigenvalue weighted by Gasteiger charge is -2.16. The SMILES string of the molecule is c1ccc(-c2cccc(-c3nc(-c4ccccc4)nc(-c4ccc5oc6ccccc6c5c4-n4c5ccccc5c5c6ccccc6ccc54)n3)c2)cc1. The van der Waals surface area contributed by atoms with Crippen molar-refractivity contribution in [1.82, 2.24) is 19.5 Å². The van der Waals surface area contributed by atoms with Crippen molar-refractivity contribution in [3.05, 3.63) is 182 Å². The standard InChI is InChI=1S/C49H30N4O/c1-3-14-31(15-4-1)34-19-13-20-35(30-34)48-50-47(33-17-5-2-6-18-33)51-49(52-48)39-27-29-43-45(38-23-10-12-25-42(38)54-43)46(39)53-40-24-11-9-22-37(40)44-36-21-8-7-16-32(36)26-28-41(44)53/h1-30H. The van der Waals surface area contributed by atoms with E-state index in [0.717, 1.165) is 66.5 Å². The van der Waals surface area contributed by atoms with Crippen molar-refractivity contribution in [3.8, 4) is 51.0 Å². The van der Waals surface area contributed by atoms with E-state index in [9.17, 15) is 0 Å².